The minimum absolute atomic E-state index is 0.135. The summed E-state index contributed by atoms with van der Waals surface area (Å²) in [6.07, 6.45) is 0.628. The number of carbonyl (C=O) groups is 1. The van der Waals surface area contributed by atoms with E-state index in [2.05, 4.69) is 4.98 Å². The molecule has 5 nitrogen and oxygen atoms in total. The van der Waals surface area contributed by atoms with Crippen molar-refractivity contribution >= 4 is 16.9 Å². The van der Waals surface area contributed by atoms with Crippen LogP contribution in [0.4, 0.5) is 8.78 Å². The van der Waals surface area contributed by atoms with Crippen molar-refractivity contribution in [3.63, 3.8) is 0 Å². The number of carboxylic acid groups (broad SMARTS) is 1. The molecule has 1 aromatic heterocycles. The molecule has 0 aliphatic carbocycles. The Morgan fingerprint density at radius 2 is 1.93 bits per heavy atom. The van der Waals surface area contributed by atoms with Crippen LogP contribution in [-0.2, 0) is 11.2 Å². The Balaban J connectivity index is 1.94. The lowest BCUT2D eigenvalue weighted by molar-refractivity contribution is -0.142. The first kappa shape index (κ1) is 19.4. The van der Waals surface area contributed by atoms with Crippen LogP contribution < -0.4 is 0 Å². The van der Waals surface area contributed by atoms with Crippen molar-refractivity contribution in [2.45, 2.75) is 32.4 Å². The van der Waals surface area contributed by atoms with Crippen LogP contribution in [0, 0.1) is 17.6 Å². The van der Waals surface area contributed by atoms with Crippen LogP contribution in [-0.4, -0.2) is 38.7 Å². The largest absolute Gasteiger partial charge is 0.508 e. The molecule has 0 radical (unpaired) electrons. The Labute approximate surface area is 166 Å². The molecule has 2 aromatic carbocycles. The van der Waals surface area contributed by atoms with Gasteiger partial charge in [0.15, 0.2) is 0 Å². The lowest BCUT2D eigenvalue weighted by Gasteiger charge is -2.41. The number of hydrogen-bond donors (Lipinski definition) is 3. The summed E-state index contributed by atoms with van der Waals surface area (Å²) in [4.78, 5) is 16.6. The first-order valence-electron chi connectivity index (χ1n) is 9.53. The van der Waals surface area contributed by atoms with Crippen LogP contribution in [0.1, 0.15) is 36.7 Å². The molecule has 1 unspecified atom stereocenters. The van der Waals surface area contributed by atoms with Crippen molar-refractivity contribution < 1.29 is 23.8 Å². The summed E-state index contributed by atoms with van der Waals surface area (Å²) in [5.41, 5.74) is 2.30. The minimum atomic E-state index is -0.968. The van der Waals surface area contributed by atoms with Gasteiger partial charge in [-0.25, -0.2) is 8.78 Å². The maximum absolute atomic E-state index is 14.9. The highest BCUT2D eigenvalue weighted by atomic mass is 19.1. The number of aromatic hydroxyl groups is 1. The number of phenolic OH excluding ortho intramolecular Hbond substituents is 1. The number of aromatic amines is 1. The van der Waals surface area contributed by atoms with Crippen LogP contribution in [0.25, 0.3) is 10.9 Å². The molecule has 1 aliphatic rings. The fraction of sp³-hybridized carbons (Fsp3) is 0.318. The number of rotatable bonds is 4. The molecule has 7 heteroatoms. The molecule has 29 heavy (non-hydrogen) atoms. The second-order valence-corrected chi connectivity index (χ2v) is 7.78. The molecular formula is C22H22F2N2O3. The summed E-state index contributed by atoms with van der Waals surface area (Å²) in [7, 11) is 0. The molecule has 0 fully saturated rings. The number of nitrogens with one attached hydrogen (secondary N) is 1. The Morgan fingerprint density at radius 3 is 2.59 bits per heavy atom. The minimum Gasteiger partial charge on any atom is -0.508 e. The van der Waals surface area contributed by atoms with Gasteiger partial charge in [-0.3, -0.25) is 9.69 Å². The number of aliphatic carboxylic acids is 1. The molecule has 0 saturated heterocycles. The van der Waals surface area contributed by atoms with Gasteiger partial charge in [0.1, 0.15) is 17.4 Å². The number of phenols is 1. The third kappa shape index (κ3) is 3.25. The van der Waals surface area contributed by atoms with Gasteiger partial charge in [-0.1, -0.05) is 25.1 Å². The highest BCUT2D eigenvalue weighted by molar-refractivity contribution is 5.85. The van der Waals surface area contributed by atoms with Gasteiger partial charge in [-0.05, 0) is 25.0 Å². The van der Waals surface area contributed by atoms with E-state index >= 15 is 0 Å². The standard InChI is InChI=1S/C22H22F2N2O3/c1-11(22(28)29)10-26-12(2)7-15-14-5-3-4-6-18(14)25-20(15)21(26)19-16(23)8-13(27)9-17(19)24/h3-6,8-9,11-12,21,25,27H,7,10H2,1-2H3,(H,28,29)/t11?,12-,21-/m1/s1. The maximum Gasteiger partial charge on any atom is 0.307 e. The molecule has 152 valence electrons. The van der Waals surface area contributed by atoms with Gasteiger partial charge in [-0.15, -0.1) is 0 Å². The van der Waals surface area contributed by atoms with E-state index in [0.29, 0.717) is 12.1 Å². The molecular weight excluding hydrogens is 378 g/mol. The SMILES string of the molecule is CC(CN1[C@H](c2c(F)cc(O)cc2F)c2[nH]c3ccccc3c2C[C@H]1C)C(=O)O. The molecule has 3 N–H and O–H groups in total. The highest BCUT2D eigenvalue weighted by Crippen LogP contribution is 2.43. The van der Waals surface area contributed by atoms with Gasteiger partial charge in [0.2, 0.25) is 0 Å². The van der Waals surface area contributed by atoms with E-state index in [1.165, 1.54) is 0 Å². The third-order valence-corrected chi connectivity index (χ3v) is 5.76. The van der Waals surface area contributed by atoms with Crippen molar-refractivity contribution in [2.75, 3.05) is 6.54 Å². The van der Waals surface area contributed by atoms with E-state index in [1.54, 1.807) is 6.92 Å². The number of para-hydroxylation sites is 1. The molecule has 4 rings (SSSR count). The topological polar surface area (TPSA) is 76.6 Å². The van der Waals surface area contributed by atoms with Crippen LogP contribution in [0.5, 0.6) is 5.75 Å². The monoisotopic (exact) mass is 400 g/mol. The molecule has 3 aromatic rings. The second-order valence-electron chi connectivity index (χ2n) is 7.78. The number of aromatic nitrogens is 1. The van der Waals surface area contributed by atoms with E-state index < -0.39 is 35.3 Å². The Kier molecular flexibility index (Phi) is 4.78. The van der Waals surface area contributed by atoms with E-state index in [0.717, 1.165) is 28.6 Å². The zero-order chi connectivity index (χ0) is 20.9. The summed E-state index contributed by atoms with van der Waals surface area (Å²) in [6, 6.07) is 8.48. The molecule has 3 atom stereocenters. The number of hydrogen-bond acceptors (Lipinski definition) is 3. The highest BCUT2D eigenvalue weighted by Gasteiger charge is 2.39. The normalized spacial score (nSPS) is 20.6. The van der Waals surface area contributed by atoms with Crippen LogP contribution in [0.15, 0.2) is 36.4 Å². The number of halogens is 2. The first-order chi connectivity index (χ1) is 13.8. The number of H-pyrrole nitrogens is 1. The predicted molar refractivity (Wildman–Crippen MR) is 105 cm³/mol. The molecule has 1 aliphatic heterocycles. The van der Waals surface area contributed by atoms with Gasteiger partial charge in [0.05, 0.1) is 12.0 Å². The summed E-state index contributed by atoms with van der Waals surface area (Å²) < 4.78 is 29.8. The van der Waals surface area contributed by atoms with Gasteiger partial charge in [0.25, 0.3) is 0 Å². The van der Waals surface area contributed by atoms with Crippen LogP contribution in [0.3, 0.4) is 0 Å². The van der Waals surface area contributed by atoms with E-state index in [4.69, 9.17) is 0 Å². The quantitative estimate of drug-likeness (QED) is 0.613. The number of nitrogens with zero attached hydrogens (tertiary/aromatic N) is 1. The summed E-state index contributed by atoms with van der Waals surface area (Å²) in [5.74, 6) is -3.90. The van der Waals surface area contributed by atoms with E-state index in [-0.39, 0.29) is 18.2 Å². The van der Waals surface area contributed by atoms with Gasteiger partial charge in [0, 0.05) is 46.9 Å². The Morgan fingerprint density at radius 1 is 1.28 bits per heavy atom. The Hall–Kier alpha value is -2.93. The van der Waals surface area contributed by atoms with Gasteiger partial charge < -0.3 is 15.2 Å². The fourth-order valence-corrected chi connectivity index (χ4v) is 4.33. The number of carboxylic acids is 1. The third-order valence-electron chi connectivity index (χ3n) is 5.76. The summed E-state index contributed by atoms with van der Waals surface area (Å²) >= 11 is 0. The fourth-order valence-electron chi connectivity index (χ4n) is 4.33. The van der Waals surface area contributed by atoms with Crippen LogP contribution in [0.2, 0.25) is 0 Å². The van der Waals surface area contributed by atoms with Gasteiger partial charge >= 0.3 is 5.97 Å². The van der Waals surface area contributed by atoms with E-state index in [9.17, 15) is 23.8 Å². The Bertz CT molecular complexity index is 1070. The molecule has 0 spiro atoms. The lowest BCUT2D eigenvalue weighted by atomic mass is 9.87. The van der Waals surface area contributed by atoms with Crippen LogP contribution >= 0.6 is 0 Å². The average Bonchev–Trinajstić information content (AvgIpc) is 3.01. The zero-order valence-corrected chi connectivity index (χ0v) is 16.1. The molecule has 0 amide bonds. The zero-order valence-electron chi connectivity index (χ0n) is 16.1. The van der Waals surface area contributed by atoms with Crippen molar-refractivity contribution in [3.05, 3.63) is 64.9 Å². The second kappa shape index (κ2) is 7.15. The summed E-state index contributed by atoms with van der Waals surface area (Å²) in [5, 5.41) is 20.0. The maximum atomic E-state index is 14.9. The number of fused-ring (bicyclic) bond motifs is 3. The van der Waals surface area contributed by atoms with Crippen molar-refractivity contribution in [1.82, 2.24) is 9.88 Å². The average molecular weight is 400 g/mol. The molecule has 2 heterocycles. The molecule has 0 saturated carbocycles. The van der Waals surface area contributed by atoms with Crippen molar-refractivity contribution in [1.29, 1.82) is 0 Å². The molecule has 0 bridgehead atoms. The van der Waals surface area contributed by atoms with Gasteiger partial charge in [-0.2, -0.15) is 0 Å². The van der Waals surface area contributed by atoms with E-state index in [1.807, 2.05) is 36.1 Å². The summed E-state index contributed by atoms with van der Waals surface area (Å²) in [6.45, 7) is 3.65. The smallest absolute Gasteiger partial charge is 0.307 e. The predicted octanol–water partition coefficient (Wildman–Crippen LogP) is 4.21. The lowest BCUT2D eigenvalue weighted by Crippen LogP contribution is -2.46. The number of benzene rings is 2. The first-order valence-corrected chi connectivity index (χ1v) is 9.53. The van der Waals surface area contributed by atoms with Crippen molar-refractivity contribution in [3.8, 4) is 5.75 Å². The van der Waals surface area contributed by atoms with Crippen molar-refractivity contribution in [2.24, 2.45) is 5.92 Å².